The van der Waals surface area contributed by atoms with Crippen LogP contribution in [0.2, 0.25) is 0 Å². The van der Waals surface area contributed by atoms with Gasteiger partial charge in [-0.2, -0.15) is 5.10 Å². The summed E-state index contributed by atoms with van der Waals surface area (Å²) in [6, 6.07) is 0.432. The molecule has 1 aliphatic heterocycles. The van der Waals surface area contributed by atoms with E-state index >= 15 is 0 Å². The Kier molecular flexibility index (Phi) is 3.32. The molecule has 1 fully saturated rings. The number of piperazine rings is 1. The van der Waals surface area contributed by atoms with Crippen molar-refractivity contribution in [2.75, 3.05) is 30.8 Å². The summed E-state index contributed by atoms with van der Waals surface area (Å²) in [6.07, 6.45) is 3.87. The smallest absolute Gasteiger partial charge is 0.191 e. The van der Waals surface area contributed by atoms with Crippen molar-refractivity contribution in [1.82, 2.24) is 25.1 Å². The highest BCUT2D eigenvalue weighted by Crippen LogP contribution is 2.27. The summed E-state index contributed by atoms with van der Waals surface area (Å²) in [5.41, 5.74) is 0.903. The van der Waals surface area contributed by atoms with Crippen molar-refractivity contribution in [2.45, 2.75) is 18.1 Å². The van der Waals surface area contributed by atoms with Gasteiger partial charge in [-0.1, -0.05) is 11.8 Å². The second-order valence-corrected chi connectivity index (χ2v) is 5.56. The molecular formula is C12H18N6S. The highest BCUT2D eigenvalue weighted by Gasteiger charge is 2.23. The van der Waals surface area contributed by atoms with E-state index in [-0.39, 0.29) is 0 Å². The number of nitrogens with zero attached hydrogens (tertiary/aromatic N) is 5. The monoisotopic (exact) mass is 278 g/mol. The van der Waals surface area contributed by atoms with E-state index in [1.807, 2.05) is 24.2 Å². The fourth-order valence-electron chi connectivity index (χ4n) is 2.45. The van der Waals surface area contributed by atoms with Crippen molar-refractivity contribution in [1.29, 1.82) is 0 Å². The summed E-state index contributed by atoms with van der Waals surface area (Å²) in [5.74, 6) is 1.01. The molecule has 3 heterocycles. The van der Waals surface area contributed by atoms with Crippen molar-refractivity contribution < 1.29 is 0 Å². The zero-order valence-corrected chi connectivity index (χ0v) is 12.2. The summed E-state index contributed by atoms with van der Waals surface area (Å²) in [4.78, 5) is 11.6. The van der Waals surface area contributed by atoms with Crippen LogP contribution in [0.25, 0.3) is 11.0 Å². The van der Waals surface area contributed by atoms with Crippen LogP contribution in [0.5, 0.6) is 0 Å². The highest BCUT2D eigenvalue weighted by atomic mass is 32.2. The first-order valence-corrected chi connectivity index (χ1v) is 7.64. The minimum Gasteiger partial charge on any atom is -0.351 e. The Morgan fingerprint density at radius 2 is 2.26 bits per heavy atom. The van der Waals surface area contributed by atoms with Gasteiger partial charge < -0.3 is 10.2 Å². The minimum absolute atomic E-state index is 0.432. The van der Waals surface area contributed by atoms with Gasteiger partial charge >= 0.3 is 0 Å². The van der Waals surface area contributed by atoms with Crippen LogP contribution in [0.1, 0.15) is 6.92 Å². The lowest BCUT2D eigenvalue weighted by Gasteiger charge is -2.35. The zero-order valence-electron chi connectivity index (χ0n) is 11.4. The Morgan fingerprint density at radius 1 is 1.42 bits per heavy atom. The van der Waals surface area contributed by atoms with Gasteiger partial charge in [-0.15, -0.1) is 0 Å². The van der Waals surface area contributed by atoms with Crippen LogP contribution in [0.15, 0.2) is 11.4 Å². The number of thioether (sulfide) groups is 1. The van der Waals surface area contributed by atoms with Crippen LogP contribution in [0.4, 0.5) is 5.82 Å². The molecule has 3 rings (SSSR count). The topological polar surface area (TPSA) is 58.9 Å². The zero-order chi connectivity index (χ0) is 13.4. The second kappa shape index (κ2) is 4.97. The van der Waals surface area contributed by atoms with Gasteiger partial charge in [-0.25, -0.2) is 9.97 Å². The number of hydrogen-bond acceptors (Lipinski definition) is 6. The number of aromatic nitrogens is 4. The molecule has 0 spiro atoms. The maximum atomic E-state index is 4.70. The third-order valence-corrected chi connectivity index (χ3v) is 4.06. The quantitative estimate of drug-likeness (QED) is 0.650. The molecule has 1 saturated heterocycles. The van der Waals surface area contributed by atoms with Gasteiger partial charge in [-0.05, 0) is 13.2 Å². The van der Waals surface area contributed by atoms with Gasteiger partial charge in [0, 0.05) is 32.7 Å². The molecule has 19 heavy (non-hydrogen) atoms. The Labute approximate surface area is 116 Å². The van der Waals surface area contributed by atoms with Crippen molar-refractivity contribution in [3.05, 3.63) is 6.20 Å². The molecule has 0 aliphatic carbocycles. The second-order valence-electron chi connectivity index (χ2n) is 4.79. The molecule has 7 heteroatoms. The summed E-state index contributed by atoms with van der Waals surface area (Å²) in [7, 11) is 1.92. The number of aryl methyl sites for hydroxylation is 1. The van der Waals surface area contributed by atoms with Gasteiger partial charge in [-0.3, -0.25) is 4.68 Å². The largest absolute Gasteiger partial charge is 0.351 e. The molecule has 0 saturated carbocycles. The maximum absolute atomic E-state index is 4.70. The molecule has 2 aromatic heterocycles. The Hall–Kier alpha value is -1.34. The molecule has 102 valence electrons. The third-order valence-electron chi connectivity index (χ3n) is 3.51. The maximum Gasteiger partial charge on any atom is 0.191 e. The summed E-state index contributed by atoms with van der Waals surface area (Å²) < 4.78 is 1.81. The molecule has 1 aliphatic rings. The van der Waals surface area contributed by atoms with Crippen LogP contribution in [0.3, 0.4) is 0 Å². The Bertz CT molecular complexity index is 595. The van der Waals surface area contributed by atoms with Crippen LogP contribution >= 0.6 is 11.8 Å². The van der Waals surface area contributed by atoms with Gasteiger partial charge in [0.05, 0.1) is 11.6 Å². The normalized spacial score (nSPS) is 20.2. The Morgan fingerprint density at radius 3 is 3.00 bits per heavy atom. The predicted octanol–water partition coefficient (Wildman–Crippen LogP) is 0.883. The van der Waals surface area contributed by atoms with E-state index < -0.39 is 0 Å². The average Bonchev–Trinajstić information content (AvgIpc) is 2.80. The van der Waals surface area contributed by atoms with E-state index in [1.165, 1.54) is 0 Å². The molecule has 0 unspecified atom stereocenters. The fourth-order valence-corrected chi connectivity index (χ4v) is 2.81. The van der Waals surface area contributed by atoms with E-state index in [0.29, 0.717) is 6.04 Å². The van der Waals surface area contributed by atoms with Gasteiger partial charge in [0.1, 0.15) is 5.82 Å². The van der Waals surface area contributed by atoms with Crippen LogP contribution < -0.4 is 10.2 Å². The van der Waals surface area contributed by atoms with Gasteiger partial charge in [0.2, 0.25) is 0 Å². The fraction of sp³-hybridized carbons (Fsp3) is 0.583. The van der Waals surface area contributed by atoms with Crippen molar-refractivity contribution in [2.24, 2.45) is 7.05 Å². The summed E-state index contributed by atoms with van der Waals surface area (Å²) in [5, 5.41) is 9.56. The third kappa shape index (κ3) is 2.17. The number of nitrogens with one attached hydrogen (secondary N) is 1. The lowest BCUT2D eigenvalue weighted by Crippen LogP contribution is -2.50. The van der Waals surface area contributed by atoms with E-state index in [2.05, 4.69) is 27.2 Å². The lowest BCUT2D eigenvalue weighted by molar-refractivity contribution is 0.497. The molecular weight excluding hydrogens is 260 g/mol. The first kappa shape index (κ1) is 12.7. The minimum atomic E-state index is 0.432. The molecule has 0 radical (unpaired) electrons. The van der Waals surface area contributed by atoms with Crippen LogP contribution in [0, 0.1) is 0 Å². The van der Waals surface area contributed by atoms with Gasteiger partial charge in [0.15, 0.2) is 10.8 Å². The molecule has 1 atom stereocenters. The van der Waals surface area contributed by atoms with Crippen LogP contribution in [-0.4, -0.2) is 51.7 Å². The van der Waals surface area contributed by atoms with Crippen LogP contribution in [-0.2, 0) is 7.05 Å². The Balaban J connectivity index is 2.15. The number of hydrogen-bond donors (Lipinski definition) is 1. The summed E-state index contributed by atoms with van der Waals surface area (Å²) in [6.45, 7) is 5.16. The van der Waals surface area contributed by atoms with Crippen molar-refractivity contribution in [3.8, 4) is 0 Å². The van der Waals surface area contributed by atoms with E-state index in [9.17, 15) is 0 Å². The molecule has 0 bridgehead atoms. The summed E-state index contributed by atoms with van der Waals surface area (Å²) >= 11 is 1.57. The molecule has 1 N–H and O–H groups in total. The molecule has 0 aromatic carbocycles. The predicted molar refractivity (Wildman–Crippen MR) is 77.8 cm³/mol. The van der Waals surface area contributed by atoms with Gasteiger partial charge in [0.25, 0.3) is 0 Å². The average molecular weight is 278 g/mol. The van der Waals surface area contributed by atoms with E-state index in [4.69, 9.17) is 4.98 Å². The van der Waals surface area contributed by atoms with Crippen molar-refractivity contribution >= 4 is 28.6 Å². The highest BCUT2D eigenvalue weighted by molar-refractivity contribution is 7.98. The molecule has 6 nitrogen and oxygen atoms in total. The standard InChI is InChI=1S/C12H18N6S/c1-8-6-13-4-5-18(8)11-9-7-14-17(2)10(9)15-12(16-11)19-3/h7-8,13H,4-6H2,1-3H3/t8-/m0/s1. The first-order valence-electron chi connectivity index (χ1n) is 6.42. The first-order chi connectivity index (χ1) is 9.20. The molecule has 0 amide bonds. The lowest BCUT2D eigenvalue weighted by atomic mass is 10.2. The van der Waals surface area contributed by atoms with Crippen molar-refractivity contribution in [3.63, 3.8) is 0 Å². The molecule has 2 aromatic rings. The van der Waals surface area contributed by atoms with E-state index in [1.54, 1.807) is 11.8 Å². The number of fused-ring (bicyclic) bond motifs is 1. The number of anilines is 1. The SMILES string of the molecule is CSc1nc(N2CCNC[C@@H]2C)c2cnn(C)c2n1. The number of rotatable bonds is 2. The van der Waals surface area contributed by atoms with E-state index in [0.717, 1.165) is 41.6 Å².